The second kappa shape index (κ2) is 6.58. The molecule has 0 saturated carbocycles. The maximum absolute atomic E-state index is 12.3. The first-order chi connectivity index (χ1) is 12.3. The van der Waals surface area contributed by atoms with Crippen LogP contribution < -0.4 is 11.3 Å². The Hall–Kier alpha value is -2.83. The number of nitrogens with one attached hydrogen (secondary N) is 1. The van der Waals surface area contributed by atoms with Gasteiger partial charge in [-0.1, -0.05) is 66.4 Å². The summed E-state index contributed by atoms with van der Waals surface area (Å²) >= 11 is 1.53. The SMILES string of the molecule is NNC(=O)c1c(SCc2ccccc2)nc2c3ccccc3ccn12. The van der Waals surface area contributed by atoms with Gasteiger partial charge in [-0.15, -0.1) is 0 Å². The zero-order valence-electron chi connectivity index (χ0n) is 13.3. The van der Waals surface area contributed by atoms with Crippen molar-refractivity contribution < 1.29 is 4.79 Å². The predicted molar refractivity (Wildman–Crippen MR) is 100 cm³/mol. The highest BCUT2D eigenvalue weighted by Gasteiger charge is 2.20. The van der Waals surface area contributed by atoms with E-state index in [2.05, 4.69) is 17.6 Å². The third kappa shape index (κ3) is 2.86. The number of hydrogen-bond acceptors (Lipinski definition) is 4. The average molecular weight is 348 g/mol. The van der Waals surface area contributed by atoms with Crippen molar-refractivity contribution in [1.82, 2.24) is 14.8 Å². The van der Waals surface area contributed by atoms with Gasteiger partial charge in [0.25, 0.3) is 5.91 Å². The maximum atomic E-state index is 12.3. The van der Waals surface area contributed by atoms with E-state index in [0.29, 0.717) is 10.7 Å². The number of carbonyl (C=O) groups excluding carboxylic acids is 1. The zero-order valence-corrected chi connectivity index (χ0v) is 14.2. The van der Waals surface area contributed by atoms with Crippen molar-refractivity contribution in [1.29, 1.82) is 0 Å². The fourth-order valence-corrected chi connectivity index (χ4v) is 3.82. The zero-order chi connectivity index (χ0) is 17.2. The molecule has 6 heteroatoms. The smallest absolute Gasteiger partial charge is 0.285 e. The van der Waals surface area contributed by atoms with Crippen LogP contribution in [0.1, 0.15) is 16.1 Å². The van der Waals surface area contributed by atoms with Crippen LogP contribution >= 0.6 is 11.8 Å². The summed E-state index contributed by atoms with van der Waals surface area (Å²) in [5, 5.41) is 2.75. The van der Waals surface area contributed by atoms with Crippen molar-refractivity contribution in [2.24, 2.45) is 5.84 Å². The second-order valence-corrected chi connectivity index (χ2v) is 6.57. The number of nitrogens with two attached hydrogens (primary N) is 1. The van der Waals surface area contributed by atoms with E-state index in [1.165, 1.54) is 17.3 Å². The van der Waals surface area contributed by atoms with Gasteiger partial charge in [-0.3, -0.25) is 14.6 Å². The molecule has 0 atom stereocenters. The van der Waals surface area contributed by atoms with Gasteiger partial charge >= 0.3 is 0 Å². The molecule has 1 amide bonds. The molecule has 0 saturated heterocycles. The van der Waals surface area contributed by atoms with Gasteiger partial charge in [-0.2, -0.15) is 0 Å². The number of nitrogen functional groups attached to an aromatic ring is 1. The summed E-state index contributed by atoms with van der Waals surface area (Å²) in [5.41, 5.74) is 4.63. The second-order valence-electron chi connectivity index (χ2n) is 5.61. The summed E-state index contributed by atoms with van der Waals surface area (Å²) in [6.45, 7) is 0. The van der Waals surface area contributed by atoms with E-state index in [0.717, 1.165) is 22.2 Å². The fraction of sp³-hybridized carbons (Fsp3) is 0.0526. The summed E-state index contributed by atoms with van der Waals surface area (Å²) in [7, 11) is 0. The molecule has 5 nitrogen and oxygen atoms in total. The molecule has 4 aromatic rings. The molecular weight excluding hydrogens is 332 g/mol. The van der Waals surface area contributed by atoms with Crippen molar-refractivity contribution in [3.05, 3.63) is 78.1 Å². The quantitative estimate of drug-likeness (QED) is 0.257. The molecule has 124 valence electrons. The first-order valence-electron chi connectivity index (χ1n) is 7.85. The lowest BCUT2D eigenvalue weighted by molar-refractivity contribution is 0.0944. The summed E-state index contributed by atoms with van der Waals surface area (Å²) in [4.78, 5) is 17.1. The van der Waals surface area contributed by atoms with Crippen LogP contribution in [-0.4, -0.2) is 15.3 Å². The van der Waals surface area contributed by atoms with Gasteiger partial charge < -0.3 is 0 Å². The van der Waals surface area contributed by atoms with Crippen molar-refractivity contribution in [3.8, 4) is 0 Å². The van der Waals surface area contributed by atoms with Gasteiger partial charge in [-0.05, 0) is 17.0 Å². The molecule has 0 aliphatic carbocycles. The topological polar surface area (TPSA) is 72.4 Å². The van der Waals surface area contributed by atoms with Crippen LogP contribution in [-0.2, 0) is 5.75 Å². The number of fused-ring (bicyclic) bond motifs is 3. The number of benzene rings is 2. The van der Waals surface area contributed by atoms with E-state index >= 15 is 0 Å². The van der Waals surface area contributed by atoms with Crippen LogP contribution in [0.4, 0.5) is 0 Å². The standard InChI is InChI=1S/C19H16N4OS/c20-22-18(24)16-19(25-12-13-6-2-1-3-7-13)21-17-15-9-5-4-8-14(15)10-11-23(16)17/h1-11H,12,20H2,(H,22,24). The summed E-state index contributed by atoms with van der Waals surface area (Å²) < 4.78 is 1.80. The van der Waals surface area contributed by atoms with Gasteiger partial charge in [-0.25, -0.2) is 10.8 Å². The van der Waals surface area contributed by atoms with Gasteiger partial charge in [0.05, 0.1) is 0 Å². The number of pyridine rings is 1. The van der Waals surface area contributed by atoms with Gasteiger partial charge in [0.2, 0.25) is 0 Å². The molecular formula is C19H16N4OS. The first kappa shape index (κ1) is 15.7. The third-order valence-electron chi connectivity index (χ3n) is 4.05. The highest BCUT2D eigenvalue weighted by molar-refractivity contribution is 7.98. The molecule has 0 spiro atoms. The van der Waals surface area contributed by atoms with Crippen molar-refractivity contribution in [2.45, 2.75) is 10.8 Å². The number of thioether (sulfide) groups is 1. The van der Waals surface area contributed by atoms with E-state index < -0.39 is 0 Å². The van der Waals surface area contributed by atoms with Gasteiger partial charge in [0, 0.05) is 17.3 Å². The number of imidazole rings is 1. The molecule has 0 radical (unpaired) electrons. The molecule has 0 fully saturated rings. The Kier molecular flexibility index (Phi) is 4.13. The lowest BCUT2D eigenvalue weighted by Gasteiger charge is -2.04. The minimum atomic E-state index is -0.349. The highest BCUT2D eigenvalue weighted by Crippen LogP contribution is 2.29. The summed E-state index contributed by atoms with van der Waals surface area (Å²) in [5.74, 6) is 5.77. The number of hydrogen-bond donors (Lipinski definition) is 2. The molecule has 0 aliphatic heterocycles. The lowest BCUT2D eigenvalue weighted by atomic mass is 10.2. The number of amides is 1. The van der Waals surface area contributed by atoms with Gasteiger partial charge in [0.15, 0.2) is 0 Å². The Bertz CT molecular complexity index is 1060. The van der Waals surface area contributed by atoms with Gasteiger partial charge in [0.1, 0.15) is 16.4 Å². The number of rotatable bonds is 4. The molecule has 0 aliphatic rings. The summed E-state index contributed by atoms with van der Waals surface area (Å²) in [6, 6.07) is 20.1. The molecule has 4 rings (SSSR count). The van der Waals surface area contributed by atoms with Crippen LogP contribution in [0.5, 0.6) is 0 Å². The van der Waals surface area contributed by atoms with Crippen LogP contribution in [0.25, 0.3) is 16.4 Å². The molecule has 0 bridgehead atoms. The Morgan fingerprint density at radius 2 is 1.84 bits per heavy atom. The first-order valence-corrected chi connectivity index (χ1v) is 8.84. The number of nitrogens with zero attached hydrogens (tertiary/aromatic N) is 2. The molecule has 3 N–H and O–H groups in total. The fourth-order valence-electron chi connectivity index (χ4n) is 2.85. The Morgan fingerprint density at radius 1 is 1.08 bits per heavy atom. The molecule has 2 aromatic carbocycles. The van der Waals surface area contributed by atoms with Crippen LogP contribution in [0, 0.1) is 0 Å². The maximum Gasteiger partial charge on any atom is 0.285 e. The number of aromatic nitrogens is 2. The number of carbonyl (C=O) groups is 1. The largest absolute Gasteiger partial charge is 0.294 e. The average Bonchev–Trinajstić information content (AvgIpc) is 3.05. The van der Waals surface area contributed by atoms with Crippen LogP contribution in [0.2, 0.25) is 0 Å². The van der Waals surface area contributed by atoms with Crippen molar-refractivity contribution >= 4 is 34.1 Å². The van der Waals surface area contributed by atoms with E-state index in [4.69, 9.17) is 10.8 Å². The highest BCUT2D eigenvalue weighted by atomic mass is 32.2. The normalized spacial score (nSPS) is 11.1. The molecule has 25 heavy (non-hydrogen) atoms. The van der Waals surface area contributed by atoms with Crippen LogP contribution in [0.3, 0.4) is 0 Å². The Balaban J connectivity index is 1.84. The van der Waals surface area contributed by atoms with E-state index in [1.54, 1.807) is 4.40 Å². The Labute approximate surface area is 148 Å². The monoisotopic (exact) mass is 348 g/mol. The van der Waals surface area contributed by atoms with E-state index in [-0.39, 0.29) is 5.91 Å². The van der Waals surface area contributed by atoms with E-state index in [1.807, 2.05) is 54.7 Å². The number of hydrazine groups is 1. The molecule has 2 heterocycles. The Morgan fingerprint density at radius 3 is 2.64 bits per heavy atom. The van der Waals surface area contributed by atoms with Crippen molar-refractivity contribution in [2.75, 3.05) is 0 Å². The molecule has 0 unspecified atom stereocenters. The summed E-state index contributed by atoms with van der Waals surface area (Å²) in [6.07, 6.45) is 1.86. The molecule has 2 aromatic heterocycles. The van der Waals surface area contributed by atoms with E-state index in [9.17, 15) is 4.79 Å². The minimum Gasteiger partial charge on any atom is -0.294 e. The minimum absolute atomic E-state index is 0.349. The van der Waals surface area contributed by atoms with Crippen molar-refractivity contribution in [3.63, 3.8) is 0 Å². The third-order valence-corrected chi connectivity index (χ3v) is 5.08. The predicted octanol–water partition coefficient (Wildman–Crippen LogP) is 3.38. The van der Waals surface area contributed by atoms with Crippen LogP contribution in [0.15, 0.2) is 71.9 Å². The lowest BCUT2D eigenvalue weighted by Crippen LogP contribution is -2.31.